The van der Waals surface area contributed by atoms with E-state index >= 15 is 0 Å². The van der Waals surface area contributed by atoms with Crippen molar-refractivity contribution in [3.63, 3.8) is 0 Å². The Morgan fingerprint density at radius 2 is 1.94 bits per heavy atom. The predicted octanol–water partition coefficient (Wildman–Crippen LogP) is 3.57. The van der Waals surface area contributed by atoms with E-state index in [9.17, 15) is 4.79 Å². The number of nitrogens with one attached hydrogen (secondary N) is 1. The van der Waals surface area contributed by atoms with E-state index in [1.54, 1.807) is 6.07 Å². The molecule has 0 atom stereocenters. The van der Waals surface area contributed by atoms with Gasteiger partial charge < -0.3 is 5.32 Å². The molecule has 0 aliphatic carbocycles. The number of hydrogen-bond acceptors (Lipinski definition) is 3. The monoisotopic (exact) mass is 322 g/mol. The summed E-state index contributed by atoms with van der Waals surface area (Å²) in [6.45, 7) is 0. The van der Waals surface area contributed by atoms with E-state index in [0.29, 0.717) is 16.2 Å². The summed E-state index contributed by atoms with van der Waals surface area (Å²) in [6.07, 6.45) is 0. The second kappa shape index (κ2) is 6.56. The van der Waals surface area contributed by atoms with Crippen molar-refractivity contribution in [1.29, 1.82) is 0 Å². The second-order valence-electron chi connectivity index (χ2n) is 3.50. The molecule has 2 aromatic rings. The van der Waals surface area contributed by atoms with Crippen molar-refractivity contribution in [2.24, 2.45) is 0 Å². The molecule has 2 rings (SSSR count). The highest BCUT2D eigenvalue weighted by molar-refractivity contribution is 9.10. The Kier molecular flexibility index (Phi) is 4.78. The van der Waals surface area contributed by atoms with Gasteiger partial charge in [0.05, 0.1) is 5.75 Å². The van der Waals surface area contributed by atoms with Crippen molar-refractivity contribution in [1.82, 2.24) is 4.98 Å². The van der Waals surface area contributed by atoms with Crippen molar-refractivity contribution in [2.45, 2.75) is 4.90 Å². The van der Waals surface area contributed by atoms with Gasteiger partial charge in [-0.05, 0) is 40.2 Å². The molecule has 18 heavy (non-hydrogen) atoms. The Hall–Kier alpha value is -1.33. The Morgan fingerprint density at radius 1 is 1.17 bits per heavy atom. The third-order valence-corrected chi connectivity index (χ3v) is 3.55. The fourth-order valence-corrected chi connectivity index (χ4v) is 2.39. The number of aromatic nitrogens is 1. The average molecular weight is 323 g/mol. The van der Waals surface area contributed by atoms with Gasteiger partial charge in [-0.2, -0.15) is 0 Å². The van der Waals surface area contributed by atoms with E-state index in [1.807, 2.05) is 42.5 Å². The van der Waals surface area contributed by atoms with E-state index in [2.05, 4.69) is 26.2 Å². The summed E-state index contributed by atoms with van der Waals surface area (Å²) in [7, 11) is 0. The number of carbonyl (C=O) groups excluding carboxylic acids is 1. The molecule has 92 valence electrons. The zero-order chi connectivity index (χ0) is 12.8. The van der Waals surface area contributed by atoms with Gasteiger partial charge in [0, 0.05) is 4.90 Å². The van der Waals surface area contributed by atoms with Crippen LogP contribution >= 0.6 is 27.7 Å². The summed E-state index contributed by atoms with van der Waals surface area (Å²) in [5, 5.41) is 2.75. The molecule has 0 saturated heterocycles. The van der Waals surface area contributed by atoms with E-state index in [1.165, 1.54) is 11.8 Å². The van der Waals surface area contributed by atoms with Gasteiger partial charge in [0.2, 0.25) is 5.91 Å². The molecule has 1 amide bonds. The van der Waals surface area contributed by atoms with E-state index < -0.39 is 0 Å². The van der Waals surface area contributed by atoms with E-state index in [-0.39, 0.29) is 5.91 Å². The first-order valence-electron chi connectivity index (χ1n) is 5.34. The lowest BCUT2D eigenvalue weighted by Gasteiger charge is -2.04. The molecule has 5 heteroatoms. The quantitative estimate of drug-likeness (QED) is 0.691. The number of carbonyl (C=O) groups is 1. The fraction of sp³-hybridized carbons (Fsp3) is 0.0769. The third-order valence-electron chi connectivity index (χ3n) is 2.10. The third kappa shape index (κ3) is 4.16. The smallest absolute Gasteiger partial charge is 0.235 e. The zero-order valence-electron chi connectivity index (χ0n) is 9.47. The van der Waals surface area contributed by atoms with Gasteiger partial charge >= 0.3 is 0 Å². The zero-order valence-corrected chi connectivity index (χ0v) is 11.9. The van der Waals surface area contributed by atoms with Gasteiger partial charge in [0.15, 0.2) is 0 Å². The minimum Gasteiger partial charge on any atom is -0.310 e. The Balaban J connectivity index is 1.86. The minimum absolute atomic E-state index is 0.0607. The fourth-order valence-electron chi connectivity index (χ4n) is 1.32. The molecule has 0 fully saturated rings. The van der Waals surface area contributed by atoms with Crippen LogP contribution < -0.4 is 5.32 Å². The number of amides is 1. The number of pyridine rings is 1. The Labute approximate surface area is 118 Å². The molecule has 0 aliphatic rings. The van der Waals surface area contributed by atoms with Crippen LogP contribution in [0.2, 0.25) is 0 Å². The van der Waals surface area contributed by atoms with Crippen molar-refractivity contribution in [2.75, 3.05) is 11.1 Å². The molecule has 0 aliphatic heterocycles. The van der Waals surface area contributed by atoms with Crippen LogP contribution in [0.5, 0.6) is 0 Å². The summed E-state index contributed by atoms with van der Waals surface area (Å²) < 4.78 is 0.705. The number of thioether (sulfide) groups is 1. The average Bonchev–Trinajstić information content (AvgIpc) is 2.38. The van der Waals surface area contributed by atoms with Crippen LogP contribution in [0.25, 0.3) is 0 Å². The maximum absolute atomic E-state index is 11.7. The lowest BCUT2D eigenvalue weighted by Crippen LogP contribution is -2.14. The molecule has 1 aromatic heterocycles. The van der Waals surface area contributed by atoms with Gasteiger partial charge in [0.25, 0.3) is 0 Å². The normalized spacial score (nSPS) is 10.1. The van der Waals surface area contributed by atoms with Gasteiger partial charge in [-0.15, -0.1) is 11.8 Å². The predicted molar refractivity (Wildman–Crippen MR) is 77.7 cm³/mol. The summed E-state index contributed by atoms with van der Waals surface area (Å²) in [6, 6.07) is 15.2. The minimum atomic E-state index is -0.0607. The molecule has 0 spiro atoms. The second-order valence-corrected chi connectivity index (χ2v) is 5.36. The van der Waals surface area contributed by atoms with Gasteiger partial charge in [-0.25, -0.2) is 4.98 Å². The van der Waals surface area contributed by atoms with Gasteiger partial charge in [0.1, 0.15) is 10.4 Å². The van der Waals surface area contributed by atoms with Gasteiger partial charge in [-0.1, -0.05) is 24.3 Å². The van der Waals surface area contributed by atoms with Crippen molar-refractivity contribution >= 4 is 39.4 Å². The summed E-state index contributed by atoms with van der Waals surface area (Å²) in [5.74, 6) is 0.871. The number of anilines is 1. The van der Waals surface area contributed by atoms with Crippen molar-refractivity contribution < 1.29 is 4.79 Å². The topological polar surface area (TPSA) is 42.0 Å². The Morgan fingerprint density at radius 3 is 2.67 bits per heavy atom. The highest BCUT2D eigenvalue weighted by Crippen LogP contribution is 2.17. The van der Waals surface area contributed by atoms with Crippen LogP contribution in [0.4, 0.5) is 5.82 Å². The SMILES string of the molecule is O=C(CSc1ccccc1)Nc1cccc(Br)n1. The number of benzene rings is 1. The van der Waals surface area contributed by atoms with Gasteiger partial charge in [-0.3, -0.25) is 4.79 Å². The molecule has 0 bridgehead atoms. The van der Waals surface area contributed by atoms with Crippen LogP contribution in [-0.2, 0) is 4.79 Å². The number of rotatable bonds is 4. The van der Waals surface area contributed by atoms with E-state index in [0.717, 1.165) is 4.90 Å². The molecule has 0 radical (unpaired) electrons. The molecule has 1 aromatic carbocycles. The molecule has 1 N–H and O–H groups in total. The Bertz CT molecular complexity index is 534. The maximum Gasteiger partial charge on any atom is 0.235 e. The largest absolute Gasteiger partial charge is 0.310 e. The van der Waals surface area contributed by atoms with Crippen LogP contribution in [-0.4, -0.2) is 16.6 Å². The van der Waals surface area contributed by atoms with Crippen LogP contribution in [0.3, 0.4) is 0 Å². The highest BCUT2D eigenvalue weighted by Gasteiger charge is 2.04. The number of hydrogen-bond donors (Lipinski definition) is 1. The maximum atomic E-state index is 11.7. The highest BCUT2D eigenvalue weighted by atomic mass is 79.9. The van der Waals surface area contributed by atoms with E-state index in [4.69, 9.17) is 0 Å². The number of halogens is 1. The van der Waals surface area contributed by atoms with Crippen LogP contribution in [0.15, 0.2) is 58.0 Å². The molecule has 3 nitrogen and oxygen atoms in total. The van der Waals surface area contributed by atoms with Crippen molar-refractivity contribution in [3.05, 3.63) is 53.1 Å². The number of nitrogens with zero attached hydrogens (tertiary/aromatic N) is 1. The summed E-state index contributed by atoms with van der Waals surface area (Å²) in [4.78, 5) is 16.9. The molecule has 1 heterocycles. The molecular formula is C13H11BrN2OS. The lowest BCUT2D eigenvalue weighted by atomic mass is 10.4. The van der Waals surface area contributed by atoms with Crippen molar-refractivity contribution in [3.8, 4) is 0 Å². The first kappa shape index (κ1) is 13.1. The summed E-state index contributed by atoms with van der Waals surface area (Å²) >= 11 is 4.76. The first-order chi connectivity index (χ1) is 8.74. The van der Waals surface area contributed by atoms with Crippen LogP contribution in [0, 0.1) is 0 Å². The lowest BCUT2D eigenvalue weighted by molar-refractivity contribution is -0.113. The molecule has 0 unspecified atom stereocenters. The first-order valence-corrected chi connectivity index (χ1v) is 7.12. The molecule has 0 saturated carbocycles. The standard InChI is InChI=1S/C13H11BrN2OS/c14-11-7-4-8-12(15-11)16-13(17)9-18-10-5-2-1-3-6-10/h1-8H,9H2,(H,15,16,17). The summed E-state index contributed by atoms with van der Waals surface area (Å²) in [5.41, 5.74) is 0. The molecular weight excluding hydrogens is 312 g/mol. The van der Waals surface area contributed by atoms with Crippen LogP contribution in [0.1, 0.15) is 0 Å².